The Balaban J connectivity index is 2.17. The van der Waals surface area contributed by atoms with E-state index in [-0.39, 0.29) is 24.5 Å². The number of thioether (sulfide) groups is 1. The average molecular weight is 462 g/mol. The number of benzene rings is 2. The number of carbonyl (C=O) groups excluding carboxylic acids is 2. The molecule has 0 saturated carbocycles. The van der Waals surface area contributed by atoms with Gasteiger partial charge in [0.2, 0.25) is 0 Å². The number of nitro groups is 1. The lowest BCUT2D eigenvalue weighted by atomic mass is 10.1. The number of esters is 2. The van der Waals surface area contributed by atoms with Crippen LogP contribution in [0.25, 0.3) is 0 Å². The third kappa shape index (κ3) is 7.26. The van der Waals surface area contributed by atoms with Gasteiger partial charge in [0.15, 0.2) is 0 Å². The van der Waals surface area contributed by atoms with E-state index in [4.69, 9.17) is 14.2 Å². The molecule has 1 atom stereocenters. The highest BCUT2D eigenvalue weighted by atomic mass is 32.2. The second-order valence-electron chi connectivity index (χ2n) is 6.76. The Bertz CT molecular complexity index is 948. The van der Waals surface area contributed by atoms with E-state index in [1.165, 1.54) is 18.2 Å². The van der Waals surface area contributed by atoms with E-state index in [2.05, 4.69) is 0 Å². The molecule has 0 aromatic heterocycles. The van der Waals surface area contributed by atoms with Crippen LogP contribution in [-0.4, -0.2) is 42.4 Å². The smallest absolute Gasteiger partial charge is 0.338 e. The second kappa shape index (κ2) is 12.7. The van der Waals surface area contributed by atoms with Crippen molar-refractivity contribution < 1.29 is 28.7 Å². The Morgan fingerprint density at radius 2 is 1.84 bits per heavy atom. The van der Waals surface area contributed by atoms with Crippen LogP contribution in [0.2, 0.25) is 0 Å². The van der Waals surface area contributed by atoms with E-state index in [0.717, 1.165) is 29.5 Å². The molecule has 0 unspecified atom stereocenters. The standard InChI is InChI=1S/C23H27NO7S/c1-4-30-22(25)17-12-13-20(19(15-17)24(27)28)32-21(23(26)31-5-2)11-7-9-16-8-6-10-18(14-16)29-3/h6,8,10,12-15,21H,4-5,7,9,11H2,1-3H3/t21-/m0/s1. The molecular weight excluding hydrogens is 434 g/mol. The summed E-state index contributed by atoms with van der Waals surface area (Å²) in [7, 11) is 1.60. The first-order chi connectivity index (χ1) is 15.4. The van der Waals surface area contributed by atoms with Gasteiger partial charge < -0.3 is 14.2 Å². The van der Waals surface area contributed by atoms with Crippen LogP contribution in [0.3, 0.4) is 0 Å². The van der Waals surface area contributed by atoms with Gasteiger partial charge in [0.05, 0.1) is 35.7 Å². The number of nitrogens with zero attached hydrogens (tertiary/aromatic N) is 1. The Morgan fingerprint density at radius 1 is 1.09 bits per heavy atom. The third-order valence-electron chi connectivity index (χ3n) is 4.55. The Kier molecular flexibility index (Phi) is 10.0. The van der Waals surface area contributed by atoms with Gasteiger partial charge in [-0.15, -0.1) is 11.8 Å². The first-order valence-corrected chi connectivity index (χ1v) is 11.2. The van der Waals surface area contributed by atoms with E-state index in [0.29, 0.717) is 17.7 Å². The molecule has 0 amide bonds. The zero-order chi connectivity index (χ0) is 23.5. The minimum absolute atomic E-state index is 0.0913. The van der Waals surface area contributed by atoms with Crippen LogP contribution in [0, 0.1) is 10.1 Å². The second-order valence-corrected chi connectivity index (χ2v) is 8.01. The van der Waals surface area contributed by atoms with Gasteiger partial charge in [-0.1, -0.05) is 12.1 Å². The van der Waals surface area contributed by atoms with Crippen molar-refractivity contribution in [3.63, 3.8) is 0 Å². The quantitative estimate of drug-likeness (QED) is 0.192. The number of nitro benzene ring substituents is 1. The van der Waals surface area contributed by atoms with Crippen LogP contribution in [0.15, 0.2) is 47.4 Å². The van der Waals surface area contributed by atoms with Crippen LogP contribution in [0.5, 0.6) is 5.75 Å². The molecule has 0 aliphatic heterocycles. The van der Waals surface area contributed by atoms with Crippen molar-refractivity contribution in [2.45, 2.75) is 43.3 Å². The van der Waals surface area contributed by atoms with Gasteiger partial charge in [-0.3, -0.25) is 14.9 Å². The van der Waals surface area contributed by atoms with Gasteiger partial charge in [0.1, 0.15) is 11.0 Å². The Morgan fingerprint density at radius 3 is 2.50 bits per heavy atom. The summed E-state index contributed by atoms with van der Waals surface area (Å²) in [6.45, 7) is 3.76. The lowest BCUT2D eigenvalue weighted by Crippen LogP contribution is -2.20. The van der Waals surface area contributed by atoms with Crippen molar-refractivity contribution in [1.82, 2.24) is 0 Å². The number of methoxy groups -OCH3 is 1. The van der Waals surface area contributed by atoms with E-state index < -0.39 is 22.1 Å². The normalized spacial score (nSPS) is 11.5. The molecule has 2 rings (SSSR count). The molecule has 8 nitrogen and oxygen atoms in total. The first kappa shape index (κ1) is 25.2. The maximum absolute atomic E-state index is 12.5. The van der Waals surface area contributed by atoms with Gasteiger partial charge in [0, 0.05) is 6.07 Å². The van der Waals surface area contributed by atoms with Crippen molar-refractivity contribution in [3.8, 4) is 5.75 Å². The summed E-state index contributed by atoms with van der Waals surface area (Å²) in [5.41, 5.74) is 0.915. The highest BCUT2D eigenvalue weighted by molar-refractivity contribution is 8.00. The lowest BCUT2D eigenvalue weighted by molar-refractivity contribution is -0.387. The zero-order valence-electron chi connectivity index (χ0n) is 18.4. The number of hydrogen-bond donors (Lipinski definition) is 0. The molecule has 0 aliphatic carbocycles. The van der Waals surface area contributed by atoms with Crippen molar-refractivity contribution in [2.75, 3.05) is 20.3 Å². The molecule has 172 valence electrons. The van der Waals surface area contributed by atoms with E-state index in [1.54, 1.807) is 21.0 Å². The summed E-state index contributed by atoms with van der Waals surface area (Å²) in [5, 5.41) is 11.0. The summed E-state index contributed by atoms with van der Waals surface area (Å²) in [6.07, 6.45) is 1.87. The van der Waals surface area contributed by atoms with Crippen LogP contribution >= 0.6 is 11.8 Å². The summed E-state index contributed by atoms with van der Waals surface area (Å²) >= 11 is 1.08. The molecule has 0 N–H and O–H groups in total. The SMILES string of the molecule is CCOC(=O)c1ccc(S[C@@H](CCCc2cccc(OC)c2)C(=O)OCC)c([N+](=O)[O-])c1. The highest BCUT2D eigenvalue weighted by Crippen LogP contribution is 2.35. The zero-order valence-corrected chi connectivity index (χ0v) is 19.2. The topological polar surface area (TPSA) is 105 Å². The monoisotopic (exact) mass is 461 g/mol. The van der Waals surface area contributed by atoms with E-state index in [1.807, 2.05) is 24.3 Å². The van der Waals surface area contributed by atoms with Crippen LogP contribution < -0.4 is 4.74 Å². The van der Waals surface area contributed by atoms with E-state index in [9.17, 15) is 19.7 Å². The fourth-order valence-electron chi connectivity index (χ4n) is 3.03. The van der Waals surface area contributed by atoms with Crippen LogP contribution in [-0.2, 0) is 20.7 Å². The molecule has 0 radical (unpaired) electrons. The Labute approximate surface area is 191 Å². The van der Waals surface area contributed by atoms with Crippen LogP contribution in [0.4, 0.5) is 5.69 Å². The Hall–Kier alpha value is -3.07. The fourth-order valence-corrected chi connectivity index (χ4v) is 4.19. The molecule has 0 saturated heterocycles. The minimum Gasteiger partial charge on any atom is -0.497 e. The van der Waals surface area contributed by atoms with Crippen molar-refractivity contribution >= 4 is 29.4 Å². The van der Waals surface area contributed by atoms with Crippen LogP contribution in [0.1, 0.15) is 42.6 Å². The van der Waals surface area contributed by atoms with Gasteiger partial charge in [-0.2, -0.15) is 0 Å². The number of ether oxygens (including phenoxy) is 3. The maximum Gasteiger partial charge on any atom is 0.338 e. The molecule has 0 heterocycles. The summed E-state index contributed by atoms with van der Waals surface area (Å²) in [4.78, 5) is 35.8. The van der Waals surface area contributed by atoms with Crippen molar-refractivity contribution in [3.05, 3.63) is 63.7 Å². The van der Waals surface area contributed by atoms with Crippen molar-refractivity contribution in [1.29, 1.82) is 0 Å². The molecular formula is C23H27NO7S. The van der Waals surface area contributed by atoms with E-state index >= 15 is 0 Å². The molecule has 0 fully saturated rings. The summed E-state index contributed by atoms with van der Waals surface area (Å²) in [5.74, 6) is -0.296. The van der Waals surface area contributed by atoms with Gasteiger partial charge in [0.25, 0.3) is 5.69 Å². The molecule has 0 aliphatic rings. The molecule has 2 aromatic rings. The van der Waals surface area contributed by atoms with Gasteiger partial charge >= 0.3 is 11.9 Å². The molecule has 9 heteroatoms. The third-order valence-corrected chi connectivity index (χ3v) is 5.86. The number of aryl methyl sites for hydroxylation is 1. The summed E-state index contributed by atoms with van der Waals surface area (Å²) in [6, 6.07) is 11.8. The molecule has 0 spiro atoms. The number of carbonyl (C=O) groups is 2. The maximum atomic E-state index is 12.5. The molecule has 0 bridgehead atoms. The largest absolute Gasteiger partial charge is 0.497 e. The molecule has 32 heavy (non-hydrogen) atoms. The minimum atomic E-state index is -0.632. The highest BCUT2D eigenvalue weighted by Gasteiger charge is 2.26. The fraction of sp³-hybridized carbons (Fsp3) is 0.391. The predicted octanol–water partition coefficient (Wildman–Crippen LogP) is 4.83. The lowest BCUT2D eigenvalue weighted by Gasteiger charge is -2.16. The van der Waals surface area contributed by atoms with Gasteiger partial charge in [-0.05, 0) is 62.9 Å². The number of hydrogen-bond acceptors (Lipinski definition) is 8. The molecule has 2 aromatic carbocycles. The van der Waals surface area contributed by atoms with Gasteiger partial charge in [-0.25, -0.2) is 4.79 Å². The predicted molar refractivity (Wildman–Crippen MR) is 121 cm³/mol. The average Bonchev–Trinajstić information content (AvgIpc) is 2.78. The first-order valence-electron chi connectivity index (χ1n) is 10.3. The van der Waals surface area contributed by atoms with Crippen molar-refractivity contribution in [2.24, 2.45) is 0 Å². The number of rotatable bonds is 12. The summed E-state index contributed by atoms with van der Waals surface area (Å²) < 4.78 is 15.3.